The first-order chi connectivity index (χ1) is 14.1. The second-order valence-corrected chi connectivity index (χ2v) is 10.3. The summed E-state index contributed by atoms with van der Waals surface area (Å²) in [5, 5.41) is 19.5. The molecule has 0 aliphatic carbocycles. The van der Waals surface area contributed by atoms with Gasteiger partial charge in [-0.2, -0.15) is 0 Å². The third-order valence-electron chi connectivity index (χ3n) is 3.88. The number of aromatic amines is 1. The van der Waals surface area contributed by atoms with Crippen molar-refractivity contribution in [2.45, 2.75) is 24.9 Å². The van der Waals surface area contributed by atoms with Gasteiger partial charge in [-0.15, -0.1) is 0 Å². The monoisotopic (exact) mass is 508 g/mol. The lowest BCUT2D eigenvalue weighted by atomic mass is 9.96. The van der Waals surface area contributed by atoms with Crippen LogP contribution in [-0.2, 0) is 31.6 Å². The molecule has 0 bridgehead atoms. The van der Waals surface area contributed by atoms with Crippen LogP contribution in [0.5, 0.6) is 0 Å². The van der Waals surface area contributed by atoms with Gasteiger partial charge in [-0.3, -0.25) is 27.8 Å². The summed E-state index contributed by atoms with van der Waals surface area (Å²) in [7, 11) is -18.1. The lowest BCUT2D eigenvalue weighted by Gasteiger charge is -2.37. The zero-order valence-corrected chi connectivity index (χ0v) is 17.8. The molecule has 1 aliphatic rings. The van der Waals surface area contributed by atoms with Gasteiger partial charge in [0.1, 0.15) is 12.3 Å². The van der Waals surface area contributed by atoms with Crippen molar-refractivity contribution in [3.63, 3.8) is 0 Å². The van der Waals surface area contributed by atoms with Crippen molar-refractivity contribution in [3.05, 3.63) is 33.1 Å². The largest absolute Gasteiger partial charge is 0.790 e. The highest BCUT2D eigenvalue weighted by Crippen LogP contribution is 2.60. The number of aromatic nitrogens is 2. The van der Waals surface area contributed by atoms with Crippen molar-refractivity contribution in [2.75, 3.05) is 13.2 Å². The van der Waals surface area contributed by atoms with Crippen LogP contribution in [0, 0.1) is 5.92 Å². The van der Waals surface area contributed by atoms with E-state index in [4.69, 9.17) is 4.74 Å². The summed E-state index contributed by atoms with van der Waals surface area (Å²) in [6, 6.07) is 0.965. The predicted molar refractivity (Wildman–Crippen MR) is 87.4 cm³/mol. The van der Waals surface area contributed by atoms with Crippen LogP contribution in [0.15, 0.2) is 21.9 Å². The van der Waals surface area contributed by atoms with Crippen LogP contribution in [0.25, 0.3) is 0 Å². The summed E-state index contributed by atoms with van der Waals surface area (Å²) in [4.78, 5) is 68.5. The number of H-pyrrole nitrogens is 1. The molecule has 0 radical (unpaired) electrons. The van der Waals surface area contributed by atoms with E-state index in [0.717, 1.165) is 16.8 Å². The molecule has 0 saturated carbocycles. The number of phosphoric acid groups is 3. The van der Waals surface area contributed by atoms with E-state index < -0.39 is 72.3 Å². The molecule has 2 heterocycles. The van der Waals surface area contributed by atoms with Gasteiger partial charge in [-0.1, -0.05) is 0 Å². The Morgan fingerprint density at radius 1 is 1.13 bits per heavy atom. The van der Waals surface area contributed by atoms with Crippen LogP contribution in [0.1, 0.15) is 12.6 Å². The maximum atomic E-state index is 12.0. The maximum absolute atomic E-state index is 12.0. The smallest absolute Gasteiger partial charge is 0.330 e. The van der Waals surface area contributed by atoms with E-state index in [1.54, 1.807) is 0 Å². The molecule has 3 N–H and O–H groups in total. The molecule has 17 nitrogen and oxygen atoms in total. The first-order valence-corrected chi connectivity index (χ1v) is 12.5. The molecule has 1 aliphatic heterocycles. The third kappa shape index (κ3) is 7.51. The van der Waals surface area contributed by atoms with Gasteiger partial charge in [0.2, 0.25) is 0 Å². The molecule has 0 amide bonds. The summed E-state index contributed by atoms with van der Waals surface area (Å²) in [5.41, 5.74) is -1.66. The minimum absolute atomic E-state index is 0.134. The summed E-state index contributed by atoms with van der Waals surface area (Å²) < 4.78 is 49.9. The lowest BCUT2D eigenvalue weighted by Crippen LogP contribution is -2.35. The highest BCUT2D eigenvalue weighted by molar-refractivity contribution is 7.64. The van der Waals surface area contributed by atoms with Crippen LogP contribution in [0.2, 0.25) is 0 Å². The molecule has 178 valence electrons. The topological polar surface area (TPSA) is 276 Å². The number of ether oxygens (including phenoxy) is 1. The van der Waals surface area contributed by atoms with E-state index in [2.05, 4.69) is 13.1 Å². The van der Waals surface area contributed by atoms with Crippen LogP contribution < -0.4 is 30.8 Å². The average Bonchev–Trinajstić information content (AvgIpc) is 2.86. The molecule has 2 unspecified atom stereocenters. The van der Waals surface area contributed by atoms with Crippen LogP contribution in [0.4, 0.5) is 0 Å². The Labute approximate surface area is 172 Å². The van der Waals surface area contributed by atoms with E-state index in [1.807, 2.05) is 4.98 Å². The van der Waals surface area contributed by atoms with Crippen molar-refractivity contribution in [2.24, 2.45) is 5.92 Å². The van der Waals surface area contributed by atoms with E-state index in [9.17, 15) is 53.1 Å². The molecule has 0 aromatic carbocycles. The molecule has 6 atom stereocenters. The Hall–Kier alpha value is -1.03. The van der Waals surface area contributed by atoms with Crippen LogP contribution in [-0.4, -0.2) is 45.2 Å². The van der Waals surface area contributed by atoms with Gasteiger partial charge < -0.3 is 43.6 Å². The molecule has 20 heteroatoms. The molecule has 1 aromatic rings. The molecule has 2 rings (SSSR count). The normalized spacial score (nSPS) is 28.2. The van der Waals surface area contributed by atoms with E-state index in [0.29, 0.717) is 0 Å². The van der Waals surface area contributed by atoms with Crippen molar-refractivity contribution < 1.29 is 61.4 Å². The van der Waals surface area contributed by atoms with Crippen molar-refractivity contribution in [1.82, 2.24) is 9.55 Å². The Kier molecular flexibility index (Phi) is 8.33. The number of nitrogens with one attached hydrogen (secondary N) is 1. The van der Waals surface area contributed by atoms with Gasteiger partial charge in [0.25, 0.3) is 21.2 Å². The van der Waals surface area contributed by atoms with Gasteiger partial charge in [0.15, 0.2) is 0 Å². The second-order valence-electron chi connectivity index (χ2n) is 6.05. The Morgan fingerprint density at radius 3 is 2.32 bits per heavy atom. The molecule has 1 saturated heterocycles. The zero-order chi connectivity index (χ0) is 23.6. The Bertz CT molecular complexity index is 1030. The third-order valence-corrected chi connectivity index (χ3v) is 7.55. The molecule has 1 fully saturated rings. The fraction of sp³-hybridized carbons (Fsp3) is 0.636. The first-order valence-electron chi connectivity index (χ1n) is 8.11. The average molecular weight is 508 g/mol. The highest BCUT2D eigenvalue weighted by atomic mass is 31.3. The number of aliphatic hydroxyl groups is 2. The fourth-order valence-corrected chi connectivity index (χ4v) is 5.62. The SMILES string of the molecule is O=c1ccn([C@@H]2O[C@H](COP(=O)([O-])OP(=O)([O-])OP(=O)([O-])[O-])[C@@H](O)[C@H]2CCO)c(=O)[nH]1. The zero-order valence-electron chi connectivity index (χ0n) is 15.1. The van der Waals surface area contributed by atoms with Crippen molar-refractivity contribution in [1.29, 1.82) is 0 Å². The minimum atomic E-state index is -6.16. The van der Waals surface area contributed by atoms with Gasteiger partial charge in [-0.05, 0) is 6.42 Å². The summed E-state index contributed by atoms with van der Waals surface area (Å²) in [6.07, 6.45) is -3.44. The van der Waals surface area contributed by atoms with Gasteiger partial charge in [0.05, 0.1) is 20.5 Å². The highest BCUT2D eigenvalue weighted by Gasteiger charge is 2.45. The first kappa shape index (κ1) is 26.2. The summed E-state index contributed by atoms with van der Waals surface area (Å²) >= 11 is 0. The number of hydrogen-bond acceptors (Lipinski definition) is 15. The van der Waals surface area contributed by atoms with Crippen molar-refractivity contribution >= 4 is 23.5 Å². The van der Waals surface area contributed by atoms with Gasteiger partial charge in [0, 0.05) is 24.8 Å². The Balaban J connectivity index is 2.13. The number of aliphatic hydroxyl groups excluding tert-OH is 2. The lowest BCUT2D eigenvalue weighted by molar-refractivity contribution is -0.339. The Morgan fingerprint density at radius 2 is 1.77 bits per heavy atom. The molecular weight excluding hydrogens is 493 g/mol. The summed E-state index contributed by atoms with van der Waals surface area (Å²) in [5.74, 6) is -0.991. The van der Waals surface area contributed by atoms with E-state index >= 15 is 0 Å². The van der Waals surface area contributed by atoms with E-state index in [-0.39, 0.29) is 6.42 Å². The van der Waals surface area contributed by atoms with Gasteiger partial charge in [-0.25, -0.2) is 9.11 Å². The molecule has 31 heavy (non-hydrogen) atoms. The fourth-order valence-electron chi connectivity index (χ4n) is 2.75. The van der Waals surface area contributed by atoms with E-state index in [1.165, 1.54) is 0 Å². The van der Waals surface area contributed by atoms with Gasteiger partial charge >= 0.3 is 5.69 Å². The minimum Gasteiger partial charge on any atom is -0.790 e. The van der Waals surface area contributed by atoms with Crippen LogP contribution >= 0.6 is 23.5 Å². The predicted octanol–water partition coefficient (Wildman–Crippen LogP) is -4.39. The van der Waals surface area contributed by atoms with Crippen molar-refractivity contribution in [3.8, 4) is 0 Å². The molecular formula is C11H15N2O15P3-4. The number of hydrogen-bond donors (Lipinski definition) is 3. The number of rotatable bonds is 10. The maximum Gasteiger partial charge on any atom is 0.330 e. The number of phosphoric ester groups is 1. The number of nitrogens with zero attached hydrogens (tertiary/aromatic N) is 1. The quantitative estimate of drug-likeness (QED) is 0.252. The molecule has 0 spiro atoms. The second kappa shape index (κ2) is 9.85. The van der Waals surface area contributed by atoms with Crippen LogP contribution in [0.3, 0.4) is 0 Å². The molecule has 1 aromatic heterocycles. The summed E-state index contributed by atoms with van der Waals surface area (Å²) in [6.45, 7) is -1.55. The standard InChI is InChI=1S/C11H19N2O15P3/c14-4-2-6-9(16)7(26-10(6)13-3-1-8(15)12-11(13)17)5-25-30(21,22)28-31(23,24)27-29(18,19)20/h1,3,6-7,9-10,14,16H,2,4-5H2,(H,21,22)(H,23,24)(H,12,15,17)(H2,18,19,20)/p-4/t6-,7-,9+,10-/m1/s1.